The Morgan fingerprint density at radius 1 is 0.878 bits per heavy atom. The number of nitrogens with zero attached hydrogens (tertiary/aromatic N) is 1. The summed E-state index contributed by atoms with van der Waals surface area (Å²) in [7, 11) is -4.61. The third-order valence-electron chi connectivity index (χ3n) is 10.7. The van der Waals surface area contributed by atoms with Crippen LogP contribution in [-0.2, 0) is 27.3 Å². The van der Waals surface area contributed by atoms with Crippen LogP contribution in [0.3, 0.4) is 0 Å². The fourth-order valence-corrected chi connectivity index (χ4v) is 8.92. The summed E-state index contributed by atoms with van der Waals surface area (Å²) in [6.07, 6.45) is -5.30. The lowest BCUT2D eigenvalue weighted by molar-refractivity contribution is -0.143. The Hall–Kier alpha value is -3.33. The highest BCUT2D eigenvalue weighted by Crippen LogP contribution is 2.72. The first-order valence-corrected chi connectivity index (χ1v) is 17.9. The number of para-hydroxylation sites is 1. The Bertz CT molecular complexity index is 1610. The molecule has 5 rings (SSSR count). The molecule has 3 aliphatic rings. The summed E-state index contributed by atoms with van der Waals surface area (Å²) in [5.41, 5.74) is -4.17. The van der Waals surface area contributed by atoms with E-state index in [-0.39, 0.29) is 60.2 Å². The van der Waals surface area contributed by atoms with Crippen LogP contribution in [0, 0.1) is 29.1 Å². The molecule has 15 heteroatoms. The number of ether oxygens (including phenoxy) is 1. The minimum Gasteiger partial charge on any atom is -0.449 e. The normalized spacial score (nSPS) is 26.7. The maximum absolute atomic E-state index is 13.8. The lowest BCUT2D eigenvalue weighted by Crippen LogP contribution is -2.49. The minimum atomic E-state index is -5.20. The van der Waals surface area contributed by atoms with Crippen LogP contribution in [0.4, 0.5) is 36.8 Å². The molecule has 2 amide bonds. The summed E-state index contributed by atoms with van der Waals surface area (Å²) in [6, 6.07) is 9.72. The number of rotatable bonds is 9. The number of hydrogen-bond acceptors (Lipinski definition) is 5. The molecule has 0 spiro atoms. The van der Waals surface area contributed by atoms with Crippen molar-refractivity contribution in [2.45, 2.75) is 83.6 Å². The Balaban J connectivity index is 1.14. The van der Waals surface area contributed by atoms with Crippen molar-refractivity contribution in [1.82, 2.24) is 9.44 Å². The number of benzene rings is 2. The molecule has 3 atom stereocenters. The van der Waals surface area contributed by atoms with Crippen molar-refractivity contribution in [2.75, 3.05) is 18.1 Å². The van der Waals surface area contributed by atoms with Gasteiger partial charge in [0.15, 0.2) is 0 Å². The SMILES string of the molecule is CC1CCC2C(C)(C)C2(N(C(=O)OCC2CCC(CNS(=O)(=O)NC(=O)c3cc(C(F)(F)F)cc(C(F)(F)F)c3)CC2)c2ccccc2)C1. The summed E-state index contributed by atoms with van der Waals surface area (Å²) < 4.78 is 114. The fourth-order valence-electron chi connectivity index (χ4n) is 8.03. The van der Waals surface area contributed by atoms with E-state index in [1.54, 1.807) is 0 Å². The van der Waals surface area contributed by atoms with E-state index in [0.717, 1.165) is 24.9 Å². The Morgan fingerprint density at radius 2 is 1.45 bits per heavy atom. The molecule has 3 aliphatic carbocycles. The van der Waals surface area contributed by atoms with Crippen molar-refractivity contribution in [2.24, 2.45) is 29.1 Å². The number of alkyl halides is 6. The first-order valence-electron chi connectivity index (χ1n) is 16.4. The van der Waals surface area contributed by atoms with Gasteiger partial charge in [-0.1, -0.05) is 45.4 Å². The van der Waals surface area contributed by atoms with Gasteiger partial charge in [-0.15, -0.1) is 0 Å². The number of carbonyl (C=O) groups is 2. The molecular weight excluding hydrogens is 676 g/mol. The predicted molar refractivity (Wildman–Crippen MR) is 170 cm³/mol. The Morgan fingerprint density at radius 3 is 2.02 bits per heavy atom. The summed E-state index contributed by atoms with van der Waals surface area (Å²) >= 11 is 0. The highest BCUT2D eigenvalue weighted by molar-refractivity contribution is 7.88. The van der Waals surface area contributed by atoms with Gasteiger partial charge in [0.1, 0.15) is 0 Å². The van der Waals surface area contributed by atoms with E-state index in [4.69, 9.17) is 4.74 Å². The van der Waals surface area contributed by atoms with Crippen LogP contribution in [0.5, 0.6) is 0 Å². The highest BCUT2D eigenvalue weighted by atomic mass is 32.2. The fraction of sp³-hybridized carbons (Fsp3) is 0.588. The minimum absolute atomic E-state index is 0.0451. The molecule has 2 aromatic rings. The van der Waals surface area contributed by atoms with Crippen molar-refractivity contribution in [3.05, 3.63) is 65.2 Å². The van der Waals surface area contributed by atoms with Crippen LogP contribution in [0.2, 0.25) is 0 Å². The van der Waals surface area contributed by atoms with Gasteiger partial charge in [-0.25, -0.2) is 9.52 Å². The number of fused-ring (bicyclic) bond motifs is 1. The van der Waals surface area contributed by atoms with E-state index >= 15 is 0 Å². The van der Waals surface area contributed by atoms with Gasteiger partial charge in [0.25, 0.3) is 5.91 Å². The third-order valence-corrected chi connectivity index (χ3v) is 11.7. The molecule has 49 heavy (non-hydrogen) atoms. The Labute approximate surface area is 282 Å². The van der Waals surface area contributed by atoms with Crippen molar-refractivity contribution >= 4 is 27.9 Å². The van der Waals surface area contributed by atoms with E-state index in [9.17, 15) is 44.3 Å². The molecule has 3 fully saturated rings. The predicted octanol–water partition coefficient (Wildman–Crippen LogP) is 7.95. The van der Waals surface area contributed by atoms with Gasteiger partial charge in [-0.05, 0) is 97.9 Å². The molecule has 0 saturated heterocycles. The van der Waals surface area contributed by atoms with E-state index in [1.807, 2.05) is 35.2 Å². The van der Waals surface area contributed by atoms with Gasteiger partial charge in [-0.2, -0.15) is 39.5 Å². The van der Waals surface area contributed by atoms with Gasteiger partial charge in [0, 0.05) is 17.8 Å². The summed E-state index contributed by atoms with van der Waals surface area (Å²) in [5, 5.41) is 0. The van der Waals surface area contributed by atoms with Crippen LogP contribution in [0.1, 0.15) is 87.2 Å². The van der Waals surface area contributed by atoms with Crippen LogP contribution in [0.15, 0.2) is 48.5 Å². The zero-order valence-corrected chi connectivity index (χ0v) is 28.3. The smallest absolute Gasteiger partial charge is 0.416 e. The summed E-state index contributed by atoms with van der Waals surface area (Å²) in [4.78, 5) is 28.1. The molecule has 2 N–H and O–H groups in total. The van der Waals surface area contributed by atoms with E-state index < -0.39 is 45.2 Å². The van der Waals surface area contributed by atoms with Crippen molar-refractivity contribution in [1.29, 1.82) is 0 Å². The van der Waals surface area contributed by atoms with E-state index in [1.165, 1.54) is 4.72 Å². The monoisotopic (exact) mass is 717 g/mol. The van der Waals surface area contributed by atoms with Crippen molar-refractivity contribution in [3.8, 4) is 0 Å². The molecule has 0 radical (unpaired) electrons. The molecule has 0 aliphatic heterocycles. The second-order valence-electron chi connectivity index (χ2n) is 14.3. The zero-order valence-electron chi connectivity index (χ0n) is 27.5. The molecule has 3 saturated carbocycles. The number of anilines is 1. The summed E-state index contributed by atoms with van der Waals surface area (Å²) in [6.45, 7) is 6.75. The topological polar surface area (TPSA) is 105 Å². The van der Waals surface area contributed by atoms with Gasteiger partial charge < -0.3 is 4.74 Å². The first-order chi connectivity index (χ1) is 22.7. The molecular formula is C34H41F6N3O5S. The van der Waals surface area contributed by atoms with Crippen molar-refractivity contribution in [3.63, 3.8) is 0 Å². The zero-order chi connectivity index (χ0) is 36.0. The largest absolute Gasteiger partial charge is 0.449 e. The average molecular weight is 718 g/mol. The lowest BCUT2D eigenvalue weighted by atomic mass is 9.82. The van der Waals surface area contributed by atoms with Gasteiger partial charge in [0.05, 0.1) is 23.3 Å². The maximum atomic E-state index is 13.8. The molecule has 0 bridgehead atoms. The standard InChI is InChI=1S/C34H41F6N3O5S/c1-21-9-14-28-31(2,3)32(28,18-21)43(27-7-5-4-6-8-27)30(45)48-20-23-12-10-22(11-13-23)19-41-49(46,47)42-29(44)24-15-25(33(35,36)37)17-26(16-24)34(38,39)40/h4-8,15-17,21-23,28,41H,9-14,18-20H2,1-3H3,(H,42,44). The second kappa shape index (κ2) is 13.4. The molecule has 270 valence electrons. The molecule has 3 unspecified atom stereocenters. The van der Waals surface area contributed by atoms with Crippen LogP contribution >= 0.6 is 0 Å². The van der Waals surface area contributed by atoms with Gasteiger partial charge >= 0.3 is 28.7 Å². The molecule has 0 aromatic heterocycles. The van der Waals surface area contributed by atoms with Crippen LogP contribution < -0.4 is 14.3 Å². The van der Waals surface area contributed by atoms with Gasteiger partial charge in [-0.3, -0.25) is 9.69 Å². The quantitative estimate of drug-likeness (QED) is 0.256. The average Bonchev–Trinajstić information content (AvgIpc) is 3.51. The first kappa shape index (κ1) is 36.9. The second-order valence-corrected chi connectivity index (χ2v) is 15.8. The number of hydrogen-bond donors (Lipinski definition) is 2. The summed E-state index contributed by atoms with van der Waals surface area (Å²) in [5.74, 6) is -0.900. The maximum Gasteiger partial charge on any atom is 0.416 e. The lowest BCUT2D eigenvalue weighted by Gasteiger charge is -2.39. The third kappa shape index (κ3) is 7.87. The van der Waals surface area contributed by atoms with Crippen molar-refractivity contribution < 1.29 is 49.1 Å². The molecule has 8 nitrogen and oxygen atoms in total. The number of carbonyl (C=O) groups excluding carboxylic acids is 2. The molecule has 0 heterocycles. The number of nitrogens with one attached hydrogen (secondary N) is 2. The highest BCUT2D eigenvalue weighted by Gasteiger charge is 2.76. The number of halogens is 6. The van der Waals surface area contributed by atoms with E-state index in [2.05, 4.69) is 25.5 Å². The van der Waals surface area contributed by atoms with Crippen LogP contribution in [-0.4, -0.2) is 39.1 Å². The van der Waals surface area contributed by atoms with Crippen LogP contribution in [0.25, 0.3) is 0 Å². The van der Waals surface area contributed by atoms with E-state index in [0.29, 0.717) is 37.5 Å². The molecule has 2 aromatic carbocycles. The Kier molecular flexibility index (Phi) is 10.1. The number of amides is 2. The van der Waals surface area contributed by atoms with Gasteiger partial charge in [0.2, 0.25) is 0 Å².